The molecular formula is C15H4F6N4O4. The average Bonchev–Trinajstić information content (AvgIpc) is 2.98. The Bertz CT molecular complexity index is 1160. The summed E-state index contributed by atoms with van der Waals surface area (Å²) >= 11 is 0. The second-order valence-corrected chi connectivity index (χ2v) is 5.51. The van der Waals surface area contributed by atoms with Gasteiger partial charge >= 0.3 is 5.97 Å². The van der Waals surface area contributed by atoms with Gasteiger partial charge in [0.2, 0.25) is 0 Å². The van der Waals surface area contributed by atoms with Gasteiger partial charge in [0.1, 0.15) is 17.1 Å². The molecule has 29 heavy (non-hydrogen) atoms. The molecule has 0 radical (unpaired) electrons. The van der Waals surface area contributed by atoms with Crippen LogP contribution in [-0.2, 0) is 14.4 Å². The van der Waals surface area contributed by atoms with Gasteiger partial charge in [0.05, 0.1) is 10.8 Å². The number of carbonyl (C=O) groups is 3. The van der Waals surface area contributed by atoms with Crippen LogP contribution in [0.25, 0.3) is 21.2 Å². The van der Waals surface area contributed by atoms with Crippen LogP contribution < -0.4 is 0 Å². The zero-order valence-electron chi connectivity index (χ0n) is 13.6. The van der Waals surface area contributed by atoms with Gasteiger partial charge in [-0.05, 0) is 5.53 Å². The number of benzene rings is 2. The first-order chi connectivity index (χ1) is 13.6. The monoisotopic (exact) mass is 418 g/mol. The lowest BCUT2D eigenvalue weighted by atomic mass is 10.0. The molecule has 2 amide bonds. The highest BCUT2D eigenvalue weighted by Gasteiger charge is 2.37. The third-order valence-corrected chi connectivity index (χ3v) is 3.90. The summed E-state index contributed by atoms with van der Waals surface area (Å²) in [6.07, 6.45) is -0.757. The van der Waals surface area contributed by atoms with Gasteiger partial charge in [0, 0.05) is 17.8 Å². The molecule has 0 N–H and O–H groups in total. The highest BCUT2D eigenvalue weighted by Crippen LogP contribution is 2.38. The number of carbonyl (C=O) groups excluding carboxylic acids is 3. The number of hydrogen-bond donors (Lipinski definition) is 0. The van der Waals surface area contributed by atoms with E-state index >= 15 is 0 Å². The van der Waals surface area contributed by atoms with E-state index in [0.29, 0.717) is 0 Å². The summed E-state index contributed by atoms with van der Waals surface area (Å²) in [5.74, 6) is -17.9. The van der Waals surface area contributed by atoms with Crippen molar-refractivity contribution < 1.29 is 45.6 Å². The molecule has 0 aromatic heterocycles. The molecule has 8 nitrogen and oxygen atoms in total. The number of amides is 2. The zero-order chi connectivity index (χ0) is 21.6. The van der Waals surface area contributed by atoms with Crippen LogP contribution in [0.4, 0.5) is 32.0 Å². The molecule has 0 saturated carbocycles. The van der Waals surface area contributed by atoms with E-state index in [1.54, 1.807) is 0 Å². The minimum absolute atomic E-state index is 0.133. The van der Waals surface area contributed by atoms with Crippen LogP contribution in [0.5, 0.6) is 0 Å². The average molecular weight is 418 g/mol. The predicted octanol–water partition coefficient (Wildman–Crippen LogP) is 3.84. The Labute approximate surface area is 154 Å². The molecule has 14 heteroatoms. The van der Waals surface area contributed by atoms with Crippen molar-refractivity contribution in [2.24, 2.45) is 5.11 Å². The van der Waals surface area contributed by atoms with Crippen LogP contribution in [0.2, 0.25) is 0 Å². The largest absolute Gasteiger partial charge is 0.369 e. The third-order valence-electron chi connectivity index (χ3n) is 3.90. The van der Waals surface area contributed by atoms with Crippen molar-refractivity contribution in [1.82, 2.24) is 5.06 Å². The van der Waals surface area contributed by atoms with Crippen molar-refractivity contribution >= 4 is 34.2 Å². The summed E-state index contributed by atoms with van der Waals surface area (Å²) in [5, 5.41) is -1.26. The molecule has 150 valence electrons. The van der Waals surface area contributed by atoms with Crippen LogP contribution in [0.3, 0.4) is 0 Å². The van der Waals surface area contributed by atoms with Crippen molar-refractivity contribution in [3.8, 4) is 0 Å². The van der Waals surface area contributed by atoms with Crippen LogP contribution in [0.15, 0.2) is 5.11 Å². The Kier molecular flexibility index (Phi) is 4.80. The molecule has 1 aliphatic rings. The van der Waals surface area contributed by atoms with Gasteiger partial charge in [-0.15, -0.1) is 5.06 Å². The number of fused-ring (bicyclic) bond motifs is 1. The van der Waals surface area contributed by atoms with Crippen molar-refractivity contribution in [3.05, 3.63) is 50.9 Å². The number of halogens is 6. The Balaban J connectivity index is 2.28. The molecule has 0 unspecified atom stereocenters. The lowest BCUT2D eigenvalue weighted by Crippen LogP contribution is -2.32. The summed E-state index contributed by atoms with van der Waals surface area (Å²) < 4.78 is 85.4. The second kappa shape index (κ2) is 6.98. The van der Waals surface area contributed by atoms with E-state index in [4.69, 9.17) is 5.53 Å². The van der Waals surface area contributed by atoms with E-state index in [1.807, 2.05) is 4.91 Å². The van der Waals surface area contributed by atoms with Gasteiger partial charge < -0.3 is 4.84 Å². The van der Waals surface area contributed by atoms with Crippen molar-refractivity contribution in [3.63, 3.8) is 0 Å². The first-order valence-electron chi connectivity index (χ1n) is 7.41. The molecule has 0 aliphatic carbocycles. The highest BCUT2D eigenvalue weighted by molar-refractivity contribution is 6.04. The maximum atomic E-state index is 14.6. The van der Waals surface area contributed by atoms with E-state index in [9.17, 15) is 40.7 Å². The lowest BCUT2D eigenvalue weighted by Gasteiger charge is -2.15. The molecule has 1 heterocycles. The van der Waals surface area contributed by atoms with Crippen LogP contribution in [-0.4, -0.2) is 22.8 Å². The number of azide groups is 1. The third kappa shape index (κ3) is 2.89. The van der Waals surface area contributed by atoms with Gasteiger partial charge in [-0.3, -0.25) is 9.59 Å². The topological polar surface area (TPSA) is 112 Å². The Morgan fingerprint density at radius 1 is 0.862 bits per heavy atom. The molecule has 0 spiro atoms. The highest BCUT2D eigenvalue weighted by atomic mass is 19.2. The Morgan fingerprint density at radius 3 is 1.93 bits per heavy atom. The smallest absolute Gasteiger partial charge is 0.325 e. The summed E-state index contributed by atoms with van der Waals surface area (Å²) in [6.45, 7) is 0. The fourth-order valence-electron chi connectivity index (χ4n) is 2.60. The van der Waals surface area contributed by atoms with Gasteiger partial charge in [-0.1, -0.05) is 5.11 Å². The quantitative estimate of drug-likeness (QED) is 0.188. The number of nitrogens with zero attached hydrogens (tertiary/aromatic N) is 4. The number of imide groups is 1. The molecule has 2 aromatic carbocycles. The Morgan fingerprint density at radius 2 is 1.38 bits per heavy atom. The standard InChI is InChI=1S/C15H4F6N4O4/c16-8-5-6(12(20)14(23-24-22)13(21)10(5)18)9(17)11(19)7(8)15(28)29-25-3(26)1-2-4(25)27/h1-2H2. The van der Waals surface area contributed by atoms with Gasteiger partial charge in [0.15, 0.2) is 29.1 Å². The van der Waals surface area contributed by atoms with E-state index in [1.165, 1.54) is 0 Å². The molecule has 1 saturated heterocycles. The van der Waals surface area contributed by atoms with E-state index in [2.05, 4.69) is 9.95 Å². The normalized spacial score (nSPS) is 13.8. The van der Waals surface area contributed by atoms with Gasteiger partial charge in [-0.2, -0.15) is 0 Å². The number of hydrogen-bond acceptors (Lipinski definition) is 5. The van der Waals surface area contributed by atoms with Gasteiger partial charge in [0.25, 0.3) is 11.8 Å². The van der Waals surface area contributed by atoms with E-state index in [0.717, 1.165) is 0 Å². The molecule has 1 fully saturated rings. The van der Waals surface area contributed by atoms with Crippen LogP contribution in [0.1, 0.15) is 23.2 Å². The van der Waals surface area contributed by atoms with Crippen molar-refractivity contribution in [2.75, 3.05) is 0 Å². The minimum Gasteiger partial charge on any atom is -0.325 e. The molecular weight excluding hydrogens is 414 g/mol. The van der Waals surface area contributed by atoms with Crippen LogP contribution >= 0.6 is 0 Å². The SMILES string of the molecule is [N-]=[N+]=Nc1c(F)c(F)c2c(F)c(C(=O)ON3C(=O)CCC3=O)c(F)c(F)c2c1F. The maximum Gasteiger partial charge on any atom is 0.369 e. The molecule has 1 aliphatic heterocycles. The van der Waals surface area contributed by atoms with E-state index < -0.39 is 74.7 Å². The summed E-state index contributed by atoms with van der Waals surface area (Å²) in [7, 11) is 0. The lowest BCUT2D eigenvalue weighted by molar-refractivity contribution is -0.172. The molecule has 0 atom stereocenters. The Hall–Kier alpha value is -3.80. The second-order valence-electron chi connectivity index (χ2n) is 5.51. The maximum absolute atomic E-state index is 14.6. The van der Waals surface area contributed by atoms with E-state index in [-0.39, 0.29) is 17.9 Å². The zero-order valence-corrected chi connectivity index (χ0v) is 13.6. The number of hydroxylamine groups is 2. The summed E-state index contributed by atoms with van der Waals surface area (Å²) in [6, 6.07) is 0. The summed E-state index contributed by atoms with van der Waals surface area (Å²) in [5.41, 5.74) is 4.60. The number of rotatable bonds is 3. The summed E-state index contributed by atoms with van der Waals surface area (Å²) in [4.78, 5) is 41.0. The van der Waals surface area contributed by atoms with Gasteiger partial charge in [-0.25, -0.2) is 31.1 Å². The van der Waals surface area contributed by atoms with Crippen molar-refractivity contribution in [2.45, 2.75) is 12.8 Å². The fraction of sp³-hybridized carbons (Fsp3) is 0.133. The minimum atomic E-state index is -2.38. The van der Waals surface area contributed by atoms with Crippen molar-refractivity contribution in [1.29, 1.82) is 0 Å². The first kappa shape index (κ1) is 19.9. The molecule has 0 bridgehead atoms. The molecule has 3 rings (SSSR count). The predicted molar refractivity (Wildman–Crippen MR) is 79.0 cm³/mol. The first-order valence-corrected chi connectivity index (χ1v) is 7.41. The van der Waals surface area contributed by atoms with Crippen LogP contribution in [0, 0.1) is 34.9 Å². The molecule has 2 aromatic rings. The fourth-order valence-corrected chi connectivity index (χ4v) is 2.60.